The summed E-state index contributed by atoms with van der Waals surface area (Å²) in [5.74, 6) is -0.0580. The minimum atomic E-state index is -0.926. The van der Waals surface area contributed by atoms with Gasteiger partial charge in [0.15, 0.2) is 0 Å². The van der Waals surface area contributed by atoms with E-state index in [4.69, 9.17) is 34.8 Å². The highest BCUT2D eigenvalue weighted by Gasteiger charge is 2.55. The molecular weight excluding hydrogens is 519 g/mol. The third kappa shape index (κ3) is 4.56. The van der Waals surface area contributed by atoms with Crippen molar-refractivity contribution in [3.05, 3.63) is 98.5 Å². The summed E-state index contributed by atoms with van der Waals surface area (Å²) < 4.78 is 0. The van der Waals surface area contributed by atoms with Gasteiger partial charge in [0.05, 0.1) is 12.0 Å². The van der Waals surface area contributed by atoms with Crippen LogP contribution < -0.4 is 4.90 Å². The third-order valence-electron chi connectivity index (χ3n) is 7.42. The lowest BCUT2D eigenvalue weighted by Gasteiger charge is -2.41. The molecule has 1 fully saturated rings. The van der Waals surface area contributed by atoms with Crippen LogP contribution in [0.2, 0.25) is 15.1 Å². The lowest BCUT2D eigenvalue weighted by molar-refractivity contribution is -0.126. The van der Waals surface area contributed by atoms with Gasteiger partial charge in [-0.05, 0) is 78.3 Å². The summed E-state index contributed by atoms with van der Waals surface area (Å²) in [6.07, 6.45) is 0.715. The zero-order valence-electron chi connectivity index (χ0n) is 19.5. The van der Waals surface area contributed by atoms with Crippen molar-refractivity contribution >= 4 is 52.5 Å². The van der Waals surface area contributed by atoms with Gasteiger partial charge in [0.25, 0.3) is 0 Å². The molecule has 1 atom stereocenters. The van der Waals surface area contributed by atoms with Gasteiger partial charge in [-0.15, -0.1) is 0 Å². The number of amides is 2. The molecule has 0 spiro atoms. The summed E-state index contributed by atoms with van der Waals surface area (Å²) in [5.41, 5.74) is 2.72. The van der Waals surface area contributed by atoms with Crippen molar-refractivity contribution in [2.24, 2.45) is 5.92 Å². The third-order valence-corrected chi connectivity index (χ3v) is 8.13. The smallest absolute Gasteiger partial charge is 0.407 e. The number of carbonyl (C=O) groups is 2. The molecule has 0 aromatic heterocycles. The monoisotopic (exact) mass is 542 g/mol. The number of anilines is 1. The van der Waals surface area contributed by atoms with Gasteiger partial charge in [0, 0.05) is 33.8 Å². The zero-order valence-corrected chi connectivity index (χ0v) is 21.7. The van der Waals surface area contributed by atoms with Crippen LogP contribution in [0.5, 0.6) is 0 Å². The first kappa shape index (κ1) is 24.9. The summed E-state index contributed by atoms with van der Waals surface area (Å²) in [6, 6.07) is 20.7. The predicted octanol–water partition coefficient (Wildman–Crippen LogP) is 7.06. The highest BCUT2D eigenvalue weighted by molar-refractivity contribution is 6.31. The van der Waals surface area contributed by atoms with Crippen LogP contribution in [0.1, 0.15) is 29.5 Å². The van der Waals surface area contributed by atoms with E-state index in [1.165, 1.54) is 4.90 Å². The van der Waals surface area contributed by atoms with Gasteiger partial charge in [-0.25, -0.2) is 4.79 Å². The van der Waals surface area contributed by atoms with Crippen LogP contribution in [-0.4, -0.2) is 35.1 Å². The second kappa shape index (κ2) is 9.97. The second-order valence-corrected chi connectivity index (χ2v) is 10.8. The molecule has 5 nitrogen and oxygen atoms in total. The number of rotatable bonds is 5. The molecule has 2 aliphatic rings. The topological polar surface area (TPSA) is 60.9 Å². The molecule has 0 aliphatic carbocycles. The number of halogens is 3. The second-order valence-electron chi connectivity index (χ2n) is 9.50. The van der Waals surface area contributed by atoms with Crippen molar-refractivity contribution in [1.82, 2.24) is 4.90 Å². The maximum atomic E-state index is 14.6. The molecule has 2 aliphatic heterocycles. The fraction of sp³-hybridized carbons (Fsp3) is 0.286. The Bertz CT molecular complexity index is 1320. The van der Waals surface area contributed by atoms with E-state index in [0.29, 0.717) is 54.0 Å². The molecule has 2 heterocycles. The Hall–Kier alpha value is -2.73. The van der Waals surface area contributed by atoms with Crippen LogP contribution in [0, 0.1) is 5.92 Å². The molecule has 5 rings (SSSR count). The minimum absolute atomic E-state index is 0.00603. The molecule has 8 heteroatoms. The summed E-state index contributed by atoms with van der Waals surface area (Å²) in [6.45, 7) is 1.14. The van der Waals surface area contributed by atoms with E-state index in [0.717, 1.165) is 22.4 Å². The maximum Gasteiger partial charge on any atom is 0.407 e. The number of fused-ring (bicyclic) bond motifs is 1. The number of hydrogen-bond acceptors (Lipinski definition) is 2. The van der Waals surface area contributed by atoms with Gasteiger partial charge in [0.2, 0.25) is 5.91 Å². The molecule has 2 amide bonds. The number of nitrogens with zero attached hydrogens (tertiary/aromatic N) is 2. The summed E-state index contributed by atoms with van der Waals surface area (Å²) >= 11 is 19.0. The van der Waals surface area contributed by atoms with E-state index in [1.807, 2.05) is 60.7 Å². The first-order chi connectivity index (χ1) is 17.3. The highest BCUT2D eigenvalue weighted by atomic mass is 35.5. The van der Waals surface area contributed by atoms with Crippen molar-refractivity contribution in [2.75, 3.05) is 18.0 Å². The molecular formula is C28H25Cl3N2O3. The molecule has 1 N–H and O–H groups in total. The number of carboxylic acid groups (broad SMARTS) is 1. The average Bonchev–Trinajstić information content (AvgIpc) is 3.07. The first-order valence-corrected chi connectivity index (χ1v) is 13.0. The largest absolute Gasteiger partial charge is 0.465 e. The van der Waals surface area contributed by atoms with Crippen molar-refractivity contribution in [1.29, 1.82) is 0 Å². The molecule has 186 valence electrons. The Morgan fingerprint density at radius 3 is 2.14 bits per heavy atom. The van der Waals surface area contributed by atoms with Crippen molar-refractivity contribution < 1.29 is 14.7 Å². The molecule has 36 heavy (non-hydrogen) atoms. The molecule has 0 bridgehead atoms. The summed E-state index contributed by atoms with van der Waals surface area (Å²) in [5, 5.41) is 11.3. The van der Waals surface area contributed by atoms with E-state index in [-0.39, 0.29) is 11.8 Å². The van der Waals surface area contributed by atoms with Crippen LogP contribution in [0.4, 0.5) is 10.5 Å². The number of carbonyl (C=O) groups excluding carboxylic acids is 1. The normalized spacial score (nSPS) is 20.0. The lowest BCUT2D eigenvalue weighted by atomic mass is 9.64. The van der Waals surface area contributed by atoms with E-state index >= 15 is 0 Å². The lowest BCUT2D eigenvalue weighted by Crippen LogP contribution is -2.51. The Morgan fingerprint density at radius 2 is 1.50 bits per heavy atom. The molecule has 3 aromatic carbocycles. The Labute approximate surface area is 225 Å². The highest BCUT2D eigenvalue weighted by Crippen LogP contribution is 2.52. The van der Waals surface area contributed by atoms with Gasteiger partial charge in [-0.3, -0.25) is 4.79 Å². The quantitative estimate of drug-likeness (QED) is 0.375. The van der Waals surface area contributed by atoms with E-state index in [1.54, 1.807) is 11.0 Å². The number of hydrogen-bond donors (Lipinski definition) is 1. The Kier molecular flexibility index (Phi) is 6.90. The van der Waals surface area contributed by atoms with Crippen LogP contribution in [0.25, 0.3) is 0 Å². The van der Waals surface area contributed by atoms with Gasteiger partial charge < -0.3 is 14.9 Å². The maximum absolute atomic E-state index is 14.6. The number of benzene rings is 3. The Balaban J connectivity index is 1.62. The predicted molar refractivity (Wildman–Crippen MR) is 143 cm³/mol. The first-order valence-electron chi connectivity index (χ1n) is 11.9. The standard InChI is InChI=1S/C28H25Cl3N2O3/c29-21-5-1-3-18(13-21)16-28(20-9-11-32(12-10-20)27(35)36)24-8-7-23(31)15-25(24)33(26(28)34)17-19-4-2-6-22(30)14-19/h1-8,13-15,20H,9-12,16-17H2,(H,35,36). The Morgan fingerprint density at radius 1 is 0.889 bits per heavy atom. The van der Waals surface area contributed by atoms with E-state index in [2.05, 4.69) is 0 Å². The van der Waals surface area contributed by atoms with Crippen molar-refractivity contribution in [3.8, 4) is 0 Å². The van der Waals surface area contributed by atoms with Gasteiger partial charge in [-0.2, -0.15) is 0 Å². The molecule has 0 saturated carbocycles. The zero-order chi connectivity index (χ0) is 25.4. The molecule has 1 saturated heterocycles. The van der Waals surface area contributed by atoms with E-state index in [9.17, 15) is 14.7 Å². The fourth-order valence-electron chi connectivity index (χ4n) is 5.79. The van der Waals surface area contributed by atoms with Crippen LogP contribution in [0.15, 0.2) is 66.7 Å². The number of likely N-dealkylation sites (tertiary alicyclic amines) is 1. The van der Waals surface area contributed by atoms with Gasteiger partial charge in [-0.1, -0.05) is 65.1 Å². The minimum Gasteiger partial charge on any atom is -0.465 e. The SMILES string of the molecule is O=C(O)N1CCC(C2(Cc3cccc(Cl)c3)C(=O)N(Cc3cccc(Cl)c3)c3cc(Cl)ccc32)CC1. The van der Waals surface area contributed by atoms with Crippen molar-refractivity contribution in [3.63, 3.8) is 0 Å². The van der Waals surface area contributed by atoms with Crippen molar-refractivity contribution in [2.45, 2.75) is 31.2 Å². The molecule has 3 aromatic rings. The fourth-order valence-corrected chi connectivity index (χ4v) is 6.38. The van der Waals surface area contributed by atoms with Crippen LogP contribution in [-0.2, 0) is 23.2 Å². The van der Waals surface area contributed by atoms with E-state index < -0.39 is 11.5 Å². The van der Waals surface area contributed by atoms with Crippen LogP contribution >= 0.6 is 34.8 Å². The number of piperidine rings is 1. The van der Waals surface area contributed by atoms with Gasteiger partial charge >= 0.3 is 6.09 Å². The molecule has 0 radical (unpaired) electrons. The van der Waals surface area contributed by atoms with Crippen LogP contribution in [0.3, 0.4) is 0 Å². The molecule has 1 unspecified atom stereocenters. The summed E-state index contributed by atoms with van der Waals surface area (Å²) in [7, 11) is 0. The average molecular weight is 544 g/mol. The summed E-state index contributed by atoms with van der Waals surface area (Å²) in [4.78, 5) is 29.4. The van der Waals surface area contributed by atoms with Gasteiger partial charge in [0.1, 0.15) is 0 Å².